The number of aryl methyl sites for hydroxylation is 1. The van der Waals surface area contributed by atoms with Crippen LogP contribution in [0.3, 0.4) is 0 Å². The zero-order valence-corrected chi connectivity index (χ0v) is 12.8. The molecule has 0 aromatic heterocycles. The number of carbonyl (C=O) groups excluding carboxylic acids is 1. The van der Waals surface area contributed by atoms with Crippen molar-refractivity contribution in [2.24, 2.45) is 0 Å². The van der Waals surface area contributed by atoms with Crippen LogP contribution in [0.25, 0.3) is 0 Å². The van der Waals surface area contributed by atoms with Crippen LogP contribution in [0.1, 0.15) is 12.5 Å². The van der Waals surface area contributed by atoms with Gasteiger partial charge in [-0.1, -0.05) is 18.2 Å². The number of nitro groups is 1. The normalized spacial score (nSPS) is 10.0. The molecule has 2 aromatic rings. The highest BCUT2D eigenvalue weighted by atomic mass is 16.6. The molecule has 2 N–H and O–H groups in total. The highest BCUT2D eigenvalue weighted by Crippen LogP contribution is 2.25. The van der Waals surface area contributed by atoms with E-state index in [2.05, 4.69) is 10.6 Å². The molecule has 0 unspecified atom stereocenters. The summed E-state index contributed by atoms with van der Waals surface area (Å²) in [6.07, 6.45) is 0. The predicted molar refractivity (Wildman–Crippen MR) is 88.1 cm³/mol. The van der Waals surface area contributed by atoms with Crippen LogP contribution in [0, 0.1) is 17.0 Å². The third kappa shape index (κ3) is 4.19. The molecular formula is C16H17N3O4. The SMILES string of the molecule is CCOc1ccccc1NC(=O)Nc1ccc(C)c([N+](=O)[O-])c1. The number of urea groups is 1. The molecule has 0 fully saturated rings. The van der Waals surface area contributed by atoms with Gasteiger partial charge in [-0.15, -0.1) is 0 Å². The third-order valence-electron chi connectivity index (χ3n) is 3.10. The number of nitrogens with zero attached hydrogens (tertiary/aromatic N) is 1. The van der Waals surface area contributed by atoms with Crippen LogP contribution in [0.15, 0.2) is 42.5 Å². The fraction of sp³-hybridized carbons (Fsp3) is 0.188. The van der Waals surface area contributed by atoms with Crippen molar-refractivity contribution >= 4 is 23.1 Å². The van der Waals surface area contributed by atoms with E-state index in [-0.39, 0.29) is 5.69 Å². The average Bonchev–Trinajstić information content (AvgIpc) is 2.51. The summed E-state index contributed by atoms with van der Waals surface area (Å²) in [6.45, 7) is 3.97. The maximum absolute atomic E-state index is 12.1. The molecule has 7 nitrogen and oxygen atoms in total. The van der Waals surface area contributed by atoms with Gasteiger partial charge in [0, 0.05) is 17.3 Å². The maximum atomic E-state index is 12.1. The van der Waals surface area contributed by atoms with Gasteiger partial charge in [0.1, 0.15) is 5.75 Å². The van der Waals surface area contributed by atoms with Crippen molar-refractivity contribution in [3.8, 4) is 5.75 Å². The molecule has 23 heavy (non-hydrogen) atoms. The number of benzene rings is 2. The monoisotopic (exact) mass is 315 g/mol. The number of anilines is 2. The van der Waals surface area contributed by atoms with Gasteiger partial charge >= 0.3 is 6.03 Å². The first-order valence-electron chi connectivity index (χ1n) is 7.06. The Labute approximate surface area is 133 Å². The second-order valence-corrected chi connectivity index (χ2v) is 4.77. The Morgan fingerprint density at radius 1 is 1.22 bits per heavy atom. The first-order chi connectivity index (χ1) is 11.0. The van der Waals surface area contributed by atoms with Crippen molar-refractivity contribution in [2.45, 2.75) is 13.8 Å². The molecule has 0 aliphatic heterocycles. The van der Waals surface area contributed by atoms with E-state index in [1.54, 1.807) is 43.3 Å². The van der Waals surface area contributed by atoms with E-state index in [0.717, 1.165) is 0 Å². The van der Waals surface area contributed by atoms with E-state index >= 15 is 0 Å². The van der Waals surface area contributed by atoms with E-state index in [4.69, 9.17) is 4.74 Å². The van der Waals surface area contributed by atoms with E-state index in [1.807, 2.05) is 6.92 Å². The number of hydrogen-bond donors (Lipinski definition) is 2. The minimum atomic E-state index is -0.504. The molecule has 0 saturated heterocycles. The van der Waals surface area contributed by atoms with Crippen LogP contribution in [-0.4, -0.2) is 17.6 Å². The third-order valence-corrected chi connectivity index (χ3v) is 3.10. The molecular weight excluding hydrogens is 298 g/mol. The van der Waals surface area contributed by atoms with Gasteiger partial charge in [-0.3, -0.25) is 10.1 Å². The Hall–Kier alpha value is -3.09. The van der Waals surface area contributed by atoms with Gasteiger partial charge in [0.15, 0.2) is 0 Å². The number of rotatable bonds is 5. The second-order valence-electron chi connectivity index (χ2n) is 4.77. The number of para-hydroxylation sites is 2. The molecule has 2 rings (SSSR count). The summed E-state index contributed by atoms with van der Waals surface area (Å²) >= 11 is 0. The Kier molecular flexibility index (Phi) is 5.14. The van der Waals surface area contributed by atoms with Crippen LogP contribution in [0.4, 0.5) is 21.9 Å². The van der Waals surface area contributed by atoms with E-state index in [1.165, 1.54) is 6.07 Å². The Bertz CT molecular complexity index is 731. The largest absolute Gasteiger partial charge is 0.492 e. The summed E-state index contributed by atoms with van der Waals surface area (Å²) in [5, 5.41) is 16.2. The van der Waals surface area contributed by atoms with Crippen LogP contribution >= 0.6 is 0 Å². The summed E-state index contributed by atoms with van der Waals surface area (Å²) in [4.78, 5) is 22.5. The van der Waals surface area contributed by atoms with Gasteiger partial charge in [-0.2, -0.15) is 0 Å². The smallest absolute Gasteiger partial charge is 0.323 e. The lowest BCUT2D eigenvalue weighted by atomic mass is 10.2. The van der Waals surface area contributed by atoms with Crippen molar-refractivity contribution in [3.05, 3.63) is 58.1 Å². The van der Waals surface area contributed by atoms with Crippen LogP contribution in [-0.2, 0) is 0 Å². The standard InChI is InChI=1S/C16H17N3O4/c1-3-23-15-7-5-4-6-13(15)18-16(20)17-12-9-8-11(2)14(10-12)19(21)22/h4-10H,3H2,1-2H3,(H2,17,18,20). The molecule has 0 atom stereocenters. The molecule has 0 aliphatic rings. The van der Waals surface area contributed by atoms with Gasteiger partial charge in [0.2, 0.25) is 0 Å². The highest BCUT2D eigenvalue weighted by Gasteiger charge is 2.13. The van der Waals surface area contributed by atoms with Crippen LogP contribution in [0.5, 0.6) is 5.75 Å². The van der Waals surface area contributed by atoms with Gasteiger partial charge in [-0.25, -0.2) is 4.79 Å². The Balaban J connectivity index is 2.11. The summed E-state index contributed by atoms with van der Waals surface area (Å²) in [6, 6.07) is 11.0. The van der Waals surface area contributed by atoms with Crippen LogP contribution in [0.2, 0.25) is 0 Å². The minimum Gasteiger partial charge on any atom is -0.492 e. The van der Waals surface area contributed by atoms with E-state index in [9.17, 15) is 14.9 Å². The molecule has 2 aromatic carbocycles. The zero-order chi connectivity index (χ0) is 16.8. The molecule has 0 aliphatic carbocycles. The minimum absolute atomic E-state index is 0.0440. The number of ether oxygens (including phenoxy) is 1. The molecule has 7 heteroatoms. The fourth-order valence-corrected chi connectivity index (χ4v) is 2.02. The molecule has 0 radical (unpaired) electrons. The summed E-state index contributed by atoms with van der Waals surface area (Å²) in [5.41, 5.74) is 1.35. The molecule has 0 bridgehead atoms. The first kappa shape index (κ1) is 16.3. The fourth-order valence-electron chi connectivity index (χ4n) is 2.02. The van der Waals surface area contributed by atoms with Crippen LogP contribution < -0.4 is 15.4 Å². The Morgan fingerprint density at radius 3 is 2.65 bits per heavy atom. The number of nitro benzene ring substituents is 1. The molecule has 120 valence electrons. The quantitative estimate of drug-likeness (QED) is 0.645. The predicted octanol–water partition coefficient (Wildman–Crippen LogP) is 3.95. The Morgan fingerprint density at radius 2 is 1.96 bits per heavy atom. The first-order valence-corrected chi connectivity index (χ1v) is 7.06. The topological polar surface area (TPSA) is 93.5 Å². The maximum Gasteiger partial charge on any atom is 0.323 e. The van der Waals surface area contributed by atoms with Gasteiger partial charge in [-0.05, 0) is 32.0 Å². The van der Waals surface area contributed by atoms with Crippen molar-refractivity contribution in [2.75, 3.05) is 17.2 Å². The summed E-state index contributed by atoms with van der Waals surface area (Å²) in [7, 11) is 0. The molecule has 2 amide bonds. The van der Waals surface area contributed by atoms with Crippen molar-refractivity contribution in [1.29, 1.82) is 0 Å². The lowest BCUT2D eigenvalue weighted by molar-refractivity contribution is -0.385. The van der Waals surface area contributed by atoms with Crippen molar-refractivity contribution in [1.82, 2.24) is 0 Å². The van der Waals surface area contributed by atoms with Crippen molar-refractivity contribution < 1.29 is 14.5 Å². The number of amides is 2. The lowest BCUT2D eigenvalue weighted by Gasteiger charge is -2.12. The van der Waals surface area contributed by atoms with Gasteiger partial charge in [0.05, 0.1) is 17.2 Å². The number of nitrogens with one attached hydrogen (secondary N) is 2. The van der Waals surface area contributed by atoms with Gasteiger partial charge < -0.3 is 15.4 Å². The second kappa shape index (κ2) is 7.26. The zero-order valence-electron chi connectivity index (χ0n) is 12.8. The highest BCUT2D eigenvalue weighted by molar-refractivity contribution is 6.00. The lowest BCUT2D eigenvalue weighted by Crippen LogP contribution is -2.20. The van der Waals surface area contributed by atoms with Gasteiger partial charge in [0.25, 0.3) is 5.69 Å². The molecule has 0 heterocycles. The number of hydrogen-bond acceptors (Lipinski definition) is 4. The summed E-state index contributed by atoms with van der Waals surface area (Å²) in [5.74, 6) is 0.556. The average molecular weight is 315 g/mol. The van der Waals surface area contributed by atoms with E-state index in [0.29, 0.717) is 29.3 Å². The number of carbonyl (C=O) groups is 1. The van der Waals surface area contributed by atoms with Crippen molar-refractivity contribution in [3.63, 3.8) is 0 Å². The van der Waals surface area contributed by atoms with E-state index < -0.39 is 11.0 Å². The molecule has 0 saturated carbocycles. The summed E-state index contributed by atoms with van der Waals surface area (Å²) < 4.78 is 5.42. The molecule has 0 spiro atoms.